The second-order valence-electron chi connectivity index (χ2n) is 7.40. The van der Waals surface area contributed by atoms with Crippen molar-refractivity contribution in [3.8, 4) is 17.4 Å². The smallest absolute Gasteiger partial charge is 0.271 e. The van der Waals surface area contributed by atoms with E-state index >= 15 is 0 Å². The molecule has 0 saturated carbocycles. The molecule has 3 aromatic heterocycles. The van der Waals surface area contributed by atoms with Gasteiger partial charge in [0.1, 0.15) is 26.9 Å². The number of rotatable bonds is 7. The van der Waals surface area contributed by atoms with Crippen molar-refractivity contribution >= 4 is 21.4 Å². The van der Waals surface area contributed by atoms with Gasteiger partial charge in [-0.25, -0.2) is 18.4 Å². The van der Waals surface area contributed by atoms with Crippen molar-refractivity contribution in [2.75, 3.05) is 12.0 Å². The van der Waals surface area contributed by atoms with Crippen molar-refractivity contribution < 1.29 is 23.1 Å². The minimum atomic E-state index is -3.12. The second-order valence-corrected chi connectivity index (χ2v) is 9.66. The van der Waals surface area contributed by atoms with Crippen LogP contribution in [0.2, 0.25) is 0 Å². The Bertz CT molecular complexity index is 1150. The van der Waals surface area contributed by atoms with E-state index < -0.39 is 21.3 Å². The molecule has 2 N–H and O–H groups in total. The van der Waals surface area contributed by atoms with Gasteiger partial charge in [-0.3, -0.25) is 4.79 Å². The highest BCUT2D eigenvalue weighted by molar-refractivity contribution is 7.90. The normalized spacial score (nSPS) is 12.1. The molecule has 0 aliphatic heterocycles. The van der Waals surface area contributed by atoms with Crippen LogP contribution in [0.5, 0.6) is 17.4 Å². The molecule has 0 atom stereocenters. The zero-order valence-corrected chi connectivity index (χ0v) is 17.1. The van der Waals surface area contributed by atoms with E-state index in [0.717, 1.165) is 6.26 Å². The number of nitrogens with zero attached hydrogens (tertiary/aromatic N) is 3. The second kappa shape index (κ2) is 7.70. The average molecular weight is 418 g/mol. The Morgan fingerprint density at radius 3 is 2.72 bits per heavy atom. The van der Waals surface area contributed by atoms with Gasteiger partial charge in [0.25, 0.3) is 11.8 Å². The number of hydrogen-bond acceptors (Lipinski definition) is 7. The Labute approximate surface area is 168 Å². The fourth-order valence-corrected chi connectivity index (χ4v) is 3.47. The van der Waals surface area contributed by atoms with Crippen molar-refractivity contribution in [2.24, 2.45) is 0 Å². The monoisotopic (exact) mass is 418 g/mol. The third kappa shape index (κ3) is 5.44. The maximum Gasteiger partial charge on any atom is 0.271 e. The quantitative estimate of drug-likeness (QED) is 0.603. The zero-order chi connectivity index (χ0) is 21.2. The van der Waals surface area contributed by atoms with Crippen molar-refractivity contribution in [3.63, 3.8) is 0 Å². The molecule has 10 heteroatoms. The van der Waals surface area contributed by atoms with Crippen molar-refractivity contribution in [1.82, 2.24) is 19.7 Å². The fourth-order valence-electron chi connectivity index (χ4n) is 2.59. The standard InChI is InChI=1S/C19H22N4O5S/c1-19(2,8-10-29(3,26)27)22-17(25)14-12-23-11-13(6-7-16(23)21-14)28-18-15(24)5-4-9-20-18/h4-7,9,11-12,24H,8,10H2,1-3H3,(H,22,25). The molecule has 0 aromatic carbocycles. The van der Waals surface area contributed by atoms with E-state index in [9.17, 15) is 18.3 Å². The van der Waals surface area contributed by atoms with Gasteiger partial charge in [-0.05, 0) is 44.5 Å². The molecule has 0 unspecified atom stereocenters. The molecule has 0 bridgehead atoms. The predicted octanol–water partition coefficient (Wildman–Crippen LogP) is 2.17. The van der Waals surface area contributed by atoms with Gasteiger partial charge in [-0.15, -0.1) is 0 Å². The molecule has 0 aliphatic rings. The van der Waals surface area contributed by atoms with Crippen molar-refractivity contribution in [3.05, 3.63) is 48.5 Å². The Hall–Kier alpha value is -3.14. The van der Waals surface area contributed by atoms with Gasteiger partial charge in [0.05, 0.1) is 11.9 Å². The van der Waals surface area contributed by atoms with Crippen LogP contribution < -0.4 is 10.1 Å². The molecule has 9 nitrogen and oxygen atoms in total. The maximum absolute atomic E-state index is 12.6. The number of nitrogens with one attached hydrogen (secondary N) is 1. The van der Waals surface area contributed by atoms with Crippen LogP contribution in [0.3, 0.4) is 0 Å². The lowest BCUT2D eigenvalue weighted by atomic mass is 10.0. The summed E-state index contributed by atoms with van der Waals surface area (Å²) >= 11 is 0. The summed E-state index contributed by atoms with van der Waals surface area (Å²) in [4.78, 5) is 20.8. The highest BCUT2D eigenvalue weighted by atomic mass is 32.2. The average Bonchev–Trinajstić information content (AvgIpc) is 3.05. The summed E-state index contributed by atoms with van der Waals surface area (Å²) in [5, 5.41) is 12.6. The summed E-state index contributed by atoms with van der Waals surface area (Å²) in [6.07, 6.45) is 6.11. The van der Waals surface area contributed by atoms with E-state index in [1.165, 1.54) is 12.3 Å². The number of fused-ring (bicyclic) bond motifs is 1. The van der Waals surface area contributed by atoms with E-state index in [-0.39, 0.29) is 29.5 Å². The molecule has 29 heavy (non-hydrogen) atoms. The molecule has 1 amide bonds. The largest absolute Gasteiger partial charge is 0.503 e. The summed E-state index contributed by atoms with van der Waals surface area (Å²) in [5.74, 6) is -0.0412. The Balaban J connectivity index is 1.75. The Morgan fingerprint density at radius 1 is 1.28 bits per heavy atom. The number of aromatic hydroxyl groups is 1. The van der Waals surface area contributed by atoms with Crippen LogP contribution in [0.1, 0.15) is 30.8 Å². The summed E-state index contributed by atoms with van der Waals surface area (Å²) in [5.41, 5.74) is 0.0118. The van der Waals surface area contributed by atoms with Crippen LogP contribution in [0.4, 0.5) is 0 Å². The highest BCUT2D eigenvalue weighted by Crippen LogP contribution is 2.27. The van der Waals surface area contributed by atoms with Crippen LogP contribution in [0.25, 0.3) is 5.65 Å². The molecular weight excluding hydrogens is 396 g/mol. The lowest BCUT2D eigenvalue weighted by molar-refractivity contribution is 0.0907. The zero-order valence-electron chi connectivity index (χ0n) is 16.3. The number of imidazole rings is 1. The van der Waals surface area contributed by atoms with E-state index in [4.69, 9.17) is 4.74 Å². The number of pyridine rings is 2. The molecular formula is C19H22N4O5S. The third-order valence-electron chi connectivity index (χ3n) is 4.17. The molecule has 0 radical (unpaired) electrons. The Kier molecular flexibility index (Phi) is 5.47. The topological polar surface area (TPSA) is 123 Å². The van der Waals surface area contributed by atoms with Crippen LogP contribution in [0, 0.1) is 0 Å². The number of aromatic nitrogens is 3. The first-order valence-electron chi connectivity index (χ1n) is 8.83. The number of carbonyl (C=O) groups is 1. The van der Waals surface area contributed by atoms with Crippen molar-refractivity contribution in [1.29, 1.82) is 0 Å². The number of carbonyl (C=O) groups excluding carboxylic acids is 1. The fraction of sp³-hybridized carbons (Fsp3) is 0.316. The van der Waals surface area contributed by atoms with Crippen LogP contribution >= 0.6 is 0 Å². The summed E-state index contributed by atoms with van der Waals surface area (Å²) in [6, 6.07) is 6.37. The van der Waals surface area contributed by atoms with Gasteiger partial charge < -0.3 is 19.6 Å². The van der Waals surface area contributed by atoms with Crippen LogP contribution in [-0.4, -0.2) is 51.3 Å². The number of hydrogen-bond donors (Lipinski definition) is 2. The third-order valence-corrected chi connectivity index (χ3v) is 5.12. The molecule has 0 fully saturated rings. The van der Waals surface area contributed by atoms with Gasteiger partial charge in [-0.2, -0.15) is 0 Å². The van der Waals surface area contributed by atoms with E-state index in [2.05, 4.69) is 15.3 Å². The molecule has 0 saturated heterocycles. The molecule has 0 aliphatic carbocycles. The lowest BCUT2D eigenvalue weighted by Gasteiger charge is -2.25. The summed E-state index contributed by atoms with van der Waals surface area (Å²) in [7, 11) is -3.12. The molecule has 0 spiro atoms. The van der Waals surface area contributed by atoms with Crippen LogP contribution in [0.15, 0.2) is 42.9 Å². The molecule has 154 valence electrons. The van der Waals surface area contributed by atoms with E-state index in [1.54, 1.807) is 48.8 Å². The van der Waals surface area contributed by atoms with Crippen molar-refractivity contribution in [2.45, 2.75) is 25.8 Å². The number of amides is 1. The molecule has 3 aromatic rings. The maximum atomic E-state index is 12.6. The van der Waals surface area contributed by atoms with Crippen LogP contribution in [-0.2, 0) is 9.84 Å². The summed E-state index contributed by atoms with van der Waals surface area (Å²) < 4.78 is 29.9. The SMILES string of the molecule is CC(C)(CCS(C)(=O)=O)NC(=O)c1cn2cc(Oc3ncccc3O)ccc2n1. The van der Waals surface area contributed by atoms with E-state index in [0.29, 0.717) is 11.4 Å². The lowest BCUT2D eigenvalue weighted by Crippen LogP contribution is -2.44. The van der Waals surface area contributed by atoms with E-state index in [1.807, 2.05) is 0 Å². The first-order chi connectivity index (χ1) is 13.5. The number of ether oxygens (including phenoxy) is 1. The van der Waals surface area contributed by atoms with Gasteiger partial charge >= 0.3 is 0 Å². The number of sulfone groups is 1. The highest BCUT2D eigenvalue weighted by Gasteiger charge is 2.24. The first kappa shape index (κ1) is 20.6. The van der Waals surface area contributed by atoms with Gasteiger partial charge in [0.2, 0.25) is 0 Å². The molecule has 3 rings (SSSR count). The Morgan fingerprint density at radius 2 is 2.03 bits per heavy atom. The van der Waals surface area contributed by atoms with Gasteiger partial charge in [0.15, 0.2) is 5.75 Å². The minimum absolute atomic E-state index is 0.0213. The first-order valence-corrected chi connectivity index (χ1v) is 10.9. The van der Waals surface area contributed by atoms with Gasteiger partial charge in [0, 0.05) is 24.2 Å². The molecule has 3 heterocycles. The minimum Gasteiger partial charge on any atom is -0.503 e. The van der Waals surface area contributed by atoms with Gasteiger partial charge in [-0.1, -0.05) is 0 Å². The summed E-state index contributed by atoms with van der Waals surface area (Å²) in [6.45, 7) is 3.52. The predicted molar refractivity (Wildman–Crippen MR) is 107 cm³/mol.